The van der Waals surface area contributed by atoms with Crippen LogP contribution in [0.3, 0.4) is 0 Å². The summed E-state index contributed by atoms with van der Waals surface area (Å²) in [6.07, 6.45) is 14.8. The first-order valence-corrected chi connectivity index (χ1v) is 8.58. The number of aliphatic hydroxyl groups is 1. The zero-order valence-electron chi connectivity index (χ0n) is 12.5. The Hall–Kier alpha value is 0.310. The molecule has 0 fully saturated rings. The Morgan fingerprint density at radius 1 is 0.778 bits per heavy atom. The van der Waals surface area contributed by atoms with E-state index in [2.05, 4.69) is 26.5 Å². The summed E-state index contributed by atoms with van der Waals surface area (Å²) in [5.41, 5.74) is 0. The minimum atomic E-state index is -0.133. The fourth-order valence-electron chi connectivity index (χ4n) is 2.40. The van der Waals surface area contributed by atoms with E-state index >= 15 is 0 Å². The highest BCUT2D eigenvalue weighted by atomic mass is 32.1. The molecule has 2 atom stereocenters. The maximum absolute atomic E-state index is 9.69. The van der Waals surface area contributed by atoms with Crippen molar-refractivity contribution in [1.82, 2.24) is 0 Å². The van der Waals surface area contributed by atoms with Gasteiger partial charge in [0.05, 0.1) is 6.10 Å². The SMILES string of the molecule is CCCCCCCCCCC(S)CC(O)CCC. The van der Waals surface area contributed by atoms with Gasteiger partial charge in [-0.15, -0.1) is 0 Å². The Morgan fingerprint density at radius 2 is 1.33 bits per heavy atom. The molecule has 0 bridgehead atoms. The summed E-state index contributed by atoms with van der Waals surface area (Å²) in [6.45, 7) is 4.38. The van der Waals surface area contributed by atoms with Crippen molar-refractivity contribution in [3.05, 3.63) is 0 Å². The molecular weight excluding hydrogens is 240 g/mol. The monoisotopic (exact) mass is 274 g/mol. The fraction of sp³-hybridized carbons (Fsp3) is 1.00. The van der Waals surface area contributed by atoms with Gasteiger partial charge in [-0.25, -0.2) is 0 Å². The molecule has 0 saturated heterocycles. The maximum atomic E-state index is 9.69. The van der Waals surface area contributed by atoms with Crippen molar-refractivity contribution in [3.63, 3.8) is 0 Å². The van der Waals surface area contributed by atoms with Crippen molar-refractivity contribution in [2.24, 2.45) is 0 Å². The molecule has 0 aliphatic rings. The molecule has 2 unspecified atom stereocenters. The van der Waals surface area contributed by atoms with Crippen LogP contribution >= 0.6 is 12.6 Å². The minimum Gasteiger partial charge on any atom is -0.393 e. The molecule has 0 heterocycles. The molecule has 1 N–H and O–H groups in total. The Kier molecular flexibility index (Phi) is 14.0. The van der Waals surface area contributed by atoms with Crippen LogP contribution in [0.5, 0.6) is 0 Å². The van der Waals surface area contributed by atoms with Gasteiger partial charge >= 0.3 is 0 Å². The first-order chi connectivity index (χ1) is 8.70. The topological polar surface area (TPSA) is 20.2 Å². The van der Waals surface area contributed by atoms with Gasteiger partial charge in [-0.1, -0.05) is 71.6 Å². The van der Waals surface area contributed by atoms with Gasteiger partial charge in [0.1, 0.15) is 0 Å². The maximum Gasteiger partial charge on any atom is 0.0550 e. The van der Waals surface area contributed by atoms with Crippen molar-refractivity contribution in [2.45, 2.75) is 102 Å². The molecule has 1 nitrogen and oxygen atoms in total. The van der Waals surface area contributed by atoms with E-state index in [-0.39, 0.29) is 6.10 Å². The second-order valence-corrected chi connectivity index (χ2v) is 6.33. The largest absolute Gasteiger partial charge is 0.393 e. The number of rotatable bonds is 13. The van der Waals surface area contributed by atoms with Crippen molar-refractivity contribution in [2.75, 3.05) is 0 Å². The van der Waals surface area contributed by atoms with Gasteiger partial charge in [0, 0.05) is 5.25 Å². The lowest BCUT2D eigenvalue weighted by molar-refractivity contribution is 0.152. The zero-order valence-corrected chi connectivity index (χ0v) is 13.4. The Bertz CT molecular complexity index is 161. The molecule has 0 aliphatic heterocycles. The second-order valence-electron chi connectivity index (χ2n) is 5.60. The number of aliphatic hydroxyl groups excluding tert-OH is 1. The van der Waals surface area contributed by atoms with Crippen LogP contribution in [0.2, 0.25) is 0 Å². The summed E-state index contributed by atoms with van der Waals surface area (Å²) in [4.78, 5) is 0. The van der Waals surface area contributed by atoms with Crippen LogP contribution < -0.4 is 0 Å². The summed E-state index contributed by atoms with van der Waals surface area (Å²) >= 11 is 4.57. The first-order valence-electron chi connectivity index (χ1n) is 8.06. The molecule has 0 aromatic rings. The minimum absolute atomic E-state index is 0.133. The number of unbranched alkanes of at least 4 members (excludes halogenated alkanes) is 7. The second kappa shape index (κ2) is 13.7. The number of thiol groups is 1. The zero-order chi connectivity index (χ0) is 13.6. The molecule has 0 aliphatic carbocycles. The Morgan fingerprint density at radius 3 is 1.89 bits per heavy atom. The van der Waals surface area contributed by atoms with Gasteiger partial charge in [-0.05, 0) is 19.3 Å². The van der Waals surface area contributed by atoms with Crippen LogP contribution in [0.1, 0.15) is 90.9 Å². The molecule has 110 valence electrons. The molecule has 18 heavy (non-hydrogen) atoms. The third-order valence-electron chi connectivity index (χ3n) is 3.56. The van der Waals surface area contributed by atoms with Crippen LogP contribution in [0, 0.1) is 0 Å². The lowest BCUT2D eigenvalue weighted by Gasteiger charge is -2.15. The highest BCUT2D eigenvalue weighted by Gasteiger charge is 2.09. The third-order valence-corrected chi connectivity index (χ3v) is 4.03. The Labute approximate surface area is 120 Å². The van der Waals surface area contributed by atoms with Gasteiger partial charge in [-0.2, -0.15) is 12.6 Å². The molecule has 0 saturated carbocycles. The molecule has 0 amide bonds. The van der Waals surface area contributed by atoms with Gasteiger partial charge in [0.15, 0.2) is 0 Å². The Balaban J connectivity index is 3.22. The predicted octanol–water partition coefficient (Wildman–Crippen LogP) is 5.37. The molecule has 2 heteroatoms. The van der Waals surface area contributed by atoms with E-state index in [1.165, 1.54) is 57.8 Å². The smallest absolute Gasteiger partial charge is 0.0550 e. The van der Waals surface area contributed by atoms with E-state index in [4.69, 9.17) is 0 Å². The summed E-state index contributed by atoms with van der Waals surface area (Å²) in [5, 5.41) is 10.1. The first kappa shape index (κ1) is 18.3. The molecule has 0 aromatic carbocycles. The number of hydrogen-bond acceptors (Lipinski definition) is 2. The van der Waals surface area contributed by atoms with E-state index in [1.54, 1.807) is 0 Å². The molecule has 0 aromatic heterocycles. The van der Waals surface area contributed by atoms with Crippen LogP contribution in [-0.4, -0.2) is 16.5 Å². The molecule has 0 rings (SSSR count). The van der Waals surface area contributed by atoms with Gasteiger partial charge in [-0.3, -0.25) is 0 Å². The lowest BCUT2D eigenvalue weighted by Crippen LogP contribution is -2.13. The van der Waals surface area contributed by atoms with Crippen LogP contribution in [-0.2, 0) is 0 Å². The van der Waals surface area contributed by atoms with Crippen molar-refractivity contribution in [1.29, 1.82) is 0 Å². The standard InChI is InChI=1S/C16H34OS/c1-3-5-6-7-8-9-10-11-13-16(18)14-15(17)12-4-2/h15-18H,3-14H2,1-2H3. The quantitative estimate of drug-likeness (QED) is 0.342. The average Bonchev–Trinajstić information content (AvgIpc) is 2.32. The van der Waals surface area contributed by atoms with Gasteiger partial charge in [0.2, 0.25) is 0 Å². The van der Waals surface area contributed by atoms with Crippen LogP contribution in [0.25, 0.3) is 0 Å². The van der Waals surface area contributed by atoms with Crippen molar-refractivity contribution in [3.8, 4) is 0 Å². The summed E-state index contributed by atoms with van der Waals surface area (Å²) in [7, 11) is 0. The fourth-order valence-corrected chi connectivity index (χ4v) is 2.82. The summed E-state index contributed by atoms with van der Waals surface area (Å²) in [5.74, 6) is 0. The predicted molar refractivity (Wildman–Crippen MR) is 85.5 cm³/mol. The molecular formula is C16H34OS. The van der Waals surface area contributed by atoms with E-state index in [0.717, 1.165) is 19.3 Å². The molecule has 0 spiro atoms. The van der Waals surface area contributed by atoms with Gasteiger partial charge < -0.3 is 5.11 Å². The van der Waals surface area contributed by atoms with E-state index in [0.29, 0.717) is 5.25 Å². The van der Waals surface area contributed by atoms with Crippen LogP contribution in [0.4, 0.5) is 0 Å². The van der Waals surface area contributed by atoms with Crippen LogP contribution in [0.15, 0.2) is 0 Å². The van der Waals surface area contributed by atoms with Gasteiger partial charge in [0.25, 0.3) is 0 Å². The number of hydrogen-bond donors (Lipinski definition) is 2. The third kappa shape index (κ3) is 12.8. The van der Waals surface area contributed by atoms with Crippen molar-refractivity contribution < 1.29 is 5.11 Å². The highest BCUT2D eigenvalue weighted by molar-refractivity contribution is 7.80. The van der Waals surface area contributed by atoms with E-state index in [9.17, 15) is 5.11 Å². The normalized spacial score (nSPS) is 14.7. The van der Waals surface area contributed by atoms with E-state index in [1.807, 2.05) is 0 Å². The summed E-state index contributed by atoms with van der Waals surface area (Å²) < 4.78 is 0. The summed E-state index contributed by atoms with van der Waals surface area (Å²) in [6, 6.07) is 0. The highest BCUT2D eigenvalue weighted by Crippen LogP contribution is 2.17. The van der Waals surface area contributed by atoms with Crippen molar-refractivity contribution >= 4 is 12.6 Å². The molecule has 0 radical (unpaired) electrons. The van der Waals surface area contributed by atoms with E-state index < -0.39 is 0 Å². The lowest BCUT2D eigenvalue weighted by atomic mass is 10.0. The average molecular weight is 275 g/mol.